The molecule has 9 nitrogen and oxygen atoms in total. The molecule has 0 saturated carbocycles. The fraction of sp³-hybridized carbons (Fsp3) is 0.438. The first-order valence-electron chi connectivity index (χ1n) is 7.98. The number of aliphatic hydroxyl groups is 1. The fourth-order valence-electron chi connectivity index (χ4n) is 2.81. The molecule has 2 aromatic rings. The van der Waals surface area contributed by atoms with Crippen molar-refractivity contribution < 1.29 is 23.1 Å². The topological polar surface area (TPSA) is 115 Å². The zero-order valence-electron chi connectivity index (χ0n) is 14.5. The molecular weight excluding hydrogens is 360 g/mol. The maximum absolute atomic E-state index is 12.6. The van der Waals surface area contributed by atoms with E-state index < -0.39 is 15.9 Å². The van der Waals surface area contributed by atoms with Gasteiger partial charge in [0, 0.05) is 25.1 Å². The van der Waals surface area contributed by atoms with E-state index in [1.807, 2.05) is 0 Å². The number of aliphatic hydroxyl groups excluding tert-OH is 1. The second-order valence-electron chi connectivity index (χ2n) is 6.21. The first-order chi connectivity index (χ1) is 12.3. The molecule has 0 aromatic carbocycles. The summed E-state index contributed by atoms with van der Waals surface area (Å²) in [6.45, 7) is 1.25. The van der Waals surface area contributed by atoms with Gasteiger partial charge in [-0.1, -0.05) is 0 Å². The summed E-state index contributed by atoms with van der Waals surface area (Å²) < 4.78 is 29.4. The number of rotatable bonds is 5. The van der Waals surface area contributed by atoms with E-state index in [2.05, 4.69) is 10.1 Å². The Bertz CT molecular complexity index is 907. The Labute approximate surface area is 151 Å². The number of hydrogen-bond acceptors (Lipinski definition) is 7. The van der Waals surface area contributed by atoms with E-state index in [1.54, 1.807) is 27.8 Å². The molecule has 0 bridgehead atoms. The summed E-state index contributed by atoms with van der Waals surface area (Å²) in [4.78, 5) is 18.3. The molecule has 140 valence electrons. The third-order valence-corrected chi connectivity index (χ3v) is 5.02. The molecule has 1 atom stereocenters. The number of aromatic nitrogens is 3. The number of nitrogens with zero attached hydrogens (tertiary/aromatic N) is 4. The molecule has 0 spiro atoms. The number of sulfone groups is 1. The van der Waals surface area contributed by atoms with E-state index in [0.29, 0.717) is 36.8 Å². The first kappa shape index (κ1) is 18.3. The molecule has 0 fully saturated rings. The van der Waals surface area contributed by atoms with Crippen LogP contribution in [0.25, 0.3) is 0 Å². The predicted molar refractivity (Wildman–Crippen MR) is 92.4 cm³/mol. The average Bonchev–Trinajstić information content (AvgIpc) is 3.03. The van der Waals surface area contributed by atoms with Crippen LogP contribution in [0.15, 0.2) is 24.4 Å². The summed E-state index contributed by atoms with van der Waals surface area (Å²) in [6.07, 6.45) is 1.35. The largest absolute Gasteiger partial charge is 0.481 e. The van der Waals surface area contributed by atoms with Gasteiger partial charge in [-0.25, -0.2) is 13.4 Å². The Kier molecular flexibility index (Phi) is 4.97. The SMILES string of the molecule is COc1ccc(C(=O)N2CCn3nc(C(O)CS(C)(=O)=O)cc3C2)cn1. The highest BCUT2D eigenvalue weighted by Gasteiger charge is 2.26. The molecule has 3 heterocycles. The molecule has 0 aliphatic carbocycles. The van der Waals surface area contributed by atoms with Gasteiger partial charge in [0.1, 0.15) is 15.9 Å². The maximum Gasteiger partial charge on any atom is 0.255 e. The van der Waals surface area contributed by atoms with Crippen molar-refractivity contribution in [2.75, 3.05) is 25.7 Å². The summed E-state index contributed by atoms with van der Waals surface area (Å²) in [7, 11) is -1.81. The third kappa shape index (κ3) is 4.02. The summed E-state index contributed by atoms with van der Waals surface area (Å²) in [6, 6.07) is 4.92. The lowest BCUT2D eigenvalue weighted by atomic mass is 10.2. The molecule has 1 N–H and O–H groups in total. The van der Waals surface area contributed by atoms with Gasteiger partial charge in [-0.3, -0.25) is 9.48 Å². The van der Waals surface area contributed by atoms with Crippen LogP contribution in [0, 0.1) is 0 Å². The van der Waals surface area contributed by atoms with Gasteiger partial charge < -0.3 is 14.7 Å². The van der Waals surface area contributed by atoms with Crippen molar-refractivity contribution in [3.05, 3.63) is 41.3 Å². The molecule has 26 heavy (non-hydrogen) atoms. The van der Waals surface area contributed by atoms with Crippen molar-refractivity contribution in [1.29, 1.82) is 0 Å². The van der Waals surface area contributed by atoms with Crippen LogP contribution < -0.4 is 4.74 Å². The van der Waals surface area contributed by atoms with Gasteiger partial charge in [0.15, 0.2) is 0 Å². The molecule has 1 unspecified atom stereocenters. The monoisotopic (exact) mass is 380 g/mol. The van der Waals surface area contributed by atoms with E-state index in [9.17, 15) is 18.3 Å². The zero-order valence-corrected chi connectivity index (χ0v) is 15.3. The highest BCUT2D eigenvalue weighted by molar-refractivity contribution is 7.90. The van der Waals surface area contributed by atoms with Crippen LogP contribution in [0.2, 0.25) is 0 Å². The number of hydrogen-bond donors (Lipinski definition) is 1. The van der Waals surface area contributed by atoms with E-state index in [-0.39, 0.29) is 11.7 Å². The van der Waals surface area contributed by atoms with Gasteiger partial charge in [0.05, 0.1) is 42.9 Å². The van der Waals surface area contributed by atoms with E-state index >= 15 is 0 Å². The zero-order chi connectivity index (χ0) is 18.9. The number of carbonyl (C=O) groups is 1. The quantitative estimate of drug-likeness (QED) is 0.778. The second kappa shape index (κ2) is 7.04. The average molecular weight is 380 g/mol. The molecule has 10 heteroatoms. The normalized spacial score (nSPS) is 15.4. The molecule has 0 radical (unpaired) electrons. The highest BCUT2D eigenvalue weighted by Crippen LogP contribution is 2.21. The minimum Gasteiger partial charge on any atom is -0.481 e. The smallest absolute Gasteiger partial charge is 0.255 e. The summed E-state index contributed by atoms with van der Waals surface area (Å²) in [5.41, 5.74) is 1.50. The summed E-state index contributed by atoms with van der Waals surface area (Å²) in [5, 5.41) is 14.3. The lowest BCUT2D eigenvalue weighted by molar-refractivity contribution is 0.0705. The molecule has 1 aliphatic rings. The molecular formula is C16H20N4O5S. The number of ether oxygens (including phenoxy) is 1. The van der Waals surface area contributed by atoms with Crippen molar-refractivity contribution in [3.63, 3.8) is 0 Å². The van der Waals surface area contributed by atoms with Crippen LogP contribution in [-0.2, 0) is 22.9 Å². The van der Waals surface area contributed by atoms with Crippen molar-refractivity contribution in [2.45, 2.75) is 19.2 Å². The van der Waals surface area contributed by atoms with Crippen LogP contribution in [-0.4, -0.2) is 64.8 Å². The second-order valence-corrected chi connectivity index (χ2v) is 8.39. The van der Waals surface area contributed by atoms with Crippen molar-refractivity contribution in [1.82, 2.24) is 19.7 Å². The predicted octanol–water partition coefficient (Wildman–Crippen LogP) is 0.0207. The Balaban J connectivity index is 1.73. The number of carbonyl (C=O) groups excluding carboxylic acids is 1. The van der Waals surface area contributed by atoms with Crippen LogP contribution >= 0.6 is 0 Å². The molecule has 0 saturated heterocycles. The molecule has 2 aromatic heterocycles. The maximum atomic E-state index is 12.6. The number of amides is 1. The Morgan fingerprint density at radius 1 is 1.38 bits per heavy atom. The standard InChI is InChI=1S/C16H20N4O5S/c1-25-15-4-3-11(8-17-15)16(22)19-5-6-20-12(9-19)7-13(18-20)14(21)10-26(2,23)24/h3-4,7-8,14,21H,5-6,9-10H2,1-2H3. The van der Waals surface area contributed by atoms with E-state index in [1.165, 1.54) is 13.3 Å². The van der Waals surface area contributed by atoms with E-state index in [0.717, 1.165) is 11.9 Å². The van der Waals surface area contributed by atoms with E-state index in [4.69, 9.17) is 4.74 Å². The summed E-state index contributed by atoms with van der Waals surface area (Å²) in [5.74, 6) is -0.113. The van der Waals surface area contributed by atoms with Gasteiger partial charge in [-0.05, 0) is 12.1 Å². The molecule has 3 rings (SSSR count). The minimum atomic E-state index is -3.32. The number of fused-ring (bicyclic) bond motifs is 1. The number of pyridine rings is 1. The van der Waals surface area contributed by atoms with Crippen LogP contribution in [0.5, 0.6) is 5.88 Å². The Morgan fingerprint density at radius 3 is 2.77 bits per heavy atom. The lowest BCUT2D eigenvalue weighted by Crippen LogP contribution is -2.38. The highest BCUT2D eigenvalue weighted by atomic mass is 32.2. The first-order valence-corrected chi connectivity index (χ1v) is 10.0. The van der Waals surface area contributed by atoms with Gasteiger partial charge in [0.25, 0.3) is 5.91 Å². The van der Waals surface area contributed by atoms with Crippen LogP contribution in [0.1, 0.15) is 27.8 Å². The summed E-state index contributed by atoms with van der Waals surface area (Å²) >= 11 is 0. The fourth-order valence-corrected chi connectivity index (χ4v) is 3.55. The lowest BCUT2D eigenvalue weighted by Gasteiger charge is -2.27. The van der Waals surface area contributed by atoms with Gasteiger partial charge in [-0.15, -0.1) is 0 Å². The van der Waals surface area contributed by atoms with Crippen molar-refractivity contribution >= 4 is 15.7 Å². The Morgan fingerprint density at radius 2 is 2.15 bits per heavy atom. The number of methoxy groups -OCH3 is 1. The van der Waals surface area contributed by atoms with Crippen LogP contribution in [0.4, 0.5) is 0 Å². The Hall–Kier alpha value is -2.46. The third-order valence-electron chi connectivity index (χ3n) is 4.10. The van der Waals surface area contributed by atoms with Crippen molar-refractivity contribution in [3.8, 4) is 5.88 Å². The van der Waals surface area contributed by atoms with Crippen LogP contribution in [0.3, 0.4) is 0 Å². The minimum absolute atomic E-state index is 0.161. The molecule has 1 aliphatic heterocycles. The molecule has 1 amide bonds. The van der Waals surface area contributed by atoms with Gasteiger partial charge in [-0.2, -0.15) is 5.10 Å². The van der Waals surface area contributed by atoms with Gasteiger partial charge >= 0.3 is 0 Å². The van der Waals surface area contributed by atoms with Crippen molar-refractivity contribution in [2.24, 2.45) is 0 Å². The van der Waals surface area contributed by atoms with Gasteiger partial charge in [0.2, 0.25) is 5.88 Å².